The lowest BCUT2D eigenvalue weighted by Crippen LogP contribution is -2.67. The van der Waals surface area contributed by atoms with Gasteiger partial charge in [-0.1, -0.05) is 6.07 Å². The van der Waals surface area contributed by atoms with Gasteiger partial charge in [0, 0.05) is 37.9 Å². The molecule has 0 N–H and O–H groups in total. The normalized spacial score (nSPS) is 27.7. The van der Waals surface area contributed by atoms with Gasteiger partial charge in [-0.15, -0.1) is 0 Å². The molecule has 3 heterocycles. The summed E-state index contributed by atoms with van der Waals surface area (Å²) in [7, 11) is -3.08. The van der Waals surface area contributed by atoms with Gasteiger partial charge in [0.25, 0.3) is 0 Å². The molecule has 3 aliphatic rings. The zero-order valence-corrected chi connectivity index (χ0v) is 13.2. The zero-order chi connectivity index (χ0) is 15.2. The van der Waals surface area contributed by atoms with E-state index >= 15 is 0 Å². The summed E-state index contributed by atoms with van der Waals surface area (Å²) >= 11 is 0. The molecule has 0 radical (unpaired) electrons. The van der Waals surface area contributed by atoms with E-state index in [0.29, 0.717) is 32.2 Å². The average Bonchev–Trinajstić information content (AvgIpc) is 3.25. The summed E-state index contributed by atoms with van der Waals surface area (Å²) in [6.45, 7) is 2.14. The van der Waals surface area contributed by atoms with Crippen LogP contribution in [0.2, 0.25) is 0 Å². The number of ether oxygens (including phenoxy) is 2. The fraction of sp³-hybridized carbons (Fsp3) is 0.667. The molecule has 1 aromatic heterocycles. The van der Waals surface area contributed by atoms with Gasteiger partial charge in [0.15, 0.2) is 0 Å². The molecule has 1 atom stereocenters. The van der Waals surface area contributed by atoms with Crippen molar-refractivity contribution in [3.63, 3.8) is 0 Å². The molecule has 2 saturated heterocycles. The van der Waals surface area contributed by atoms with E-state index in [1.165, 1.54) is 0 Å². The minimum absolute atomic E-state index is 0.144. The molecule has 7 heteroatoms. The molecule has 120 valence electrons. The zero-order valence-electron chi connectivity index (χ0n) is 12.3. The van der Waals surface area contributed by atoms with Gasteiger partial charge in [0.1, 0.15) is 5.60 Å². The number of nitrogens with zero attached hydrogens (tertiary/aromatic N) is 2. The van der Waals surface area contributed by atoms with E-state index in [1.807, 2.05) is 18.2 Å². The van der Waals surface area contributed by atoms with Gasteiger partial charge < -0.3 is 9.47 Å². The van der Waals surface area contributed by atoms with Crippen LogP contribution in [0.4, 0.5) is 0 Å². The van der Waals surface area contributed by atoms with Gasteiger partial charge in [0.2, 0.25) is 15.9 Å². The molecule has 1 aromatic rings. The van der Waals surface area contributed by atoms with Gasteiger partial charge in [-0.3, -0.25) is 0 Å². The first-order chi connectivity index (χ1) is 10.6. The van der Waals surface area contributed by atoms with Crippen molar-refractivity contribution in [3.8, 4) is 5.88 Å². The summed E-state index contributed by atoms with van der Waals surface area (Å²) in [6, 6.07) is 5.56. The van der Waals surface area contributed by atoms with Crippen LogP contribution in [0.15, 0.2) is 24.4 Å². The Labute approximate surface area is 130 Å². The second-order valence-corrected chi connectivity index (χ2v) is 8.60. The van der Waals surface area contributed by atoms with Gasteiger partial charge >= 0.3 is 0 Å². The molecule has 6 nitrogen and oxygen atoms in total. The lowest BCUT2D eigenvalue weighted by Gasteiger charge is -2.49. The van der Waals surface area contributed by atoms with E-state index in [0.717, 1.165) is 19.3 Å². The van der Waals surface area contributed by atoms with Gasteiger partial charge in [-0.25, -0.2) is 13.4 Å². The van der Waals surface area contributed by atoms with Crippen LogP contribution in [0.3, 0.4) is 0 Å². The summed E-state index contributed by atoms with van der Waals surface area (Å²) in [4.78, 5) is 4.15. The summed E-state index contributed by atoms with van der Waals surface area (Å²) < 4.78 is 37.7. The number of sulfonamides is 1. The Hall–Kier alpha value is -1.18. The third-order valence-electron chi connectivity index (χ3n) is 4.86. The largest absolute Gasteiger partial charge is 0.477 e. The molecule has 1 spiro atoms. The monoisotopic (exact) mass is 324 g/mol. The summed E-state index contributed by atoms with van der Waals surface area (Å²) in [6.07, 6.45) is 4.21. The van der Waals surface area contributed by atoms with E-state index in [9.17, 15) is 8.42 Å². The fourth-order valence-electron chi connectivity index (χ4n) is 3.30. The highest BCUT2D eigenvalue weighted by molar-refractivity contribution is 7.90. The molecule has 1 aliphatic carbocycles. The molecule has 22 heavy (non-hydrogen) atoms. The Bertz CT molecular complexity index is 639. The Morgan fingerprint density at radius 1 is 1.32 bits per heavy atom. The quantitative estimate of drug-likeness (QED) is 0.809. The molecule has 4 rings (SSSR count). The summed E-state index contributed by atoms with van der Waals surface area (Å²) in [5, 5.41) is -0.144. The predicted molar refractivity (Wildman–Crippen MR) is 80.0 cm³/mol. The highest BCUT2D eigenvalue weighted by Gasteiger charge is 2.58. The van der Waals surface area contributed by atoms with Crippen LogP contribution in [0, 0.1) is 5.92 Å². The van der Waals surface area contributed by atoms with Crippen LogP contribution in [0.25, 0.3) is 0 Å². The number of pyridine rings is 1. The smallest absolute Gasteiger partial charge is 0.217 e. The van der Waals surface area contributed by atoms with E-state index in [1.54, 1.807) is 10.5 Å². The number of aromatic nitrogens is 1. The predicted octanol–water partition coefficient (Wildman–Crippen LogP) is 1.04. The van der Waals surface area contributed by atoms with Crippen LogP contribution >= 0.6 is 0 Å². The van der Waals surface area contributed by atoms with E-state index in [4.69, 9.17) is 9.47 Å². The molecule has 2 aliphatic heterocycles. The van der Waals surface area contributed by atoms with Gasteiger partial charge in [-0.2, -0.15) is 4.31 Å². The molecule has 0 bridgehead atoms. The lowest BCUT2D eigenvalue weighted by atomic mass is 9.83. The maximum absolute atomic E-state index is 12.2. The minimum Gasteiger partial charge on any atom is -0.477 e. The Morgan fingerprint density at radius 2 is 2.14 bits per heavy atom. The van der Waals surface area contributed by atoms with Crippen molar-refractivity contribution in [2.24, 2.45) is 5.92 Å². The van der Waals surface area contributed by atoms with E-state index in [-0.39, 0.29) is 16.8 Å². The molecular formula is C15H20N2O4S. The van der Waals surface area contributed by atoms with Crippen LogP contribution in [-0.2, 0) is 14.8 Å². The van der Waals surface area contributed by atoms with Crippen molar-refractivity contribution in [1.29, 1.82) is 0 Å². The molecule has 3 fully saturated rings. The Kier molecular flexibility index (Phi) is 3.39. The first-order valence-corrected chi connectivity index (χ1v) is 9.27. The summed E-state index contributed by atoms with van der Waals surface area (Å²) in [5.74, 6) is 0.825. The molecule has 0 aromatic carbocycles. The standard InChI is InChI=1S/C15H20N2O4S/c18-22(19,13-4-5-13)17-10-15(11-17)12(6-8-21-15)9-20-14-3-1-2-7-16-14/h1-3,7,12-13H,4-6,8-11H2/t12-/m1/s1. The van der Waals surface area contributed by atoms with Crippen molar-refractivity contribution in [2.75, 3.05) is 26.3 Å². The minimum atomic E-state index is -3.08. The van der Waals surface area contributed by atoms with Crippen molar-refractivity contribution in [3.05, 3.63) is 24.4 Å². The van der Waals surface area contributed by atoms with Crippen LogP contribution < -0.4 is 4.74 Å². The van der Waals surface area contributed by atoms with E-state index < -0.39 is 10.0 Å². The molecule has 0 unspecified atom stereocenters. The van der Waals surface area contributed by atoms with Crippen LogP contribution in [-0.4, -0.2) is 54.9 Å². The SMILES string of the molecule is O=S(=O)(C1CC1)N1CC2(C1)OCC[C@@H]2COc1ccccn1. The van der Waals surface area contributed by atoms with Gasteiger partial charge in [0.05, 0.1) is 11.9 Å². The average molecular weight is 324 g/mol. The van der Waals surface area contributed by atoms with Crippen molar-refractivity contribution in [1.82, 2.24) is 9.29 Å². The highest BCUT2D eigenvalue weighted by atomic mass is 32.2. The fourth-order valence-corrected chi connectivity index (χ4v) is 5.25. The van der Waals surface area contributed by atoms with Crippen molar-refractivity contribution >= 4 is 10.0 Å². The van der Waals surface area contributed by atoms with Crippen LogP contribution in [0.5, 0.6) is 5.88 Å². The number of rotatable bonds is 5. The highest BCUT2D eigenvalue weighted by Crippen LogP contribution is 2.44. The van der Waals surface area contributed by atoms with Crippen molar-refractivity contribution < 1.29 is 17.9 Å². The van der Waals surface area contributed by atoms with E-state index in [2.05, 4.69) is 4.98 Å². The Morgan fingerprint density at radius 3 is 2.82 bits per heavy atom. The third-order valence-corrected chi connectivity index (χ3v) is 7.16. The second-order valence-electron chi connectivity index (χ2n) is 6.39. The number of hydrogen-bond donors (Lipinski definition) is 0. The topological polar surface area (TPSA) is 68.7 Å². The second kappa shape index (κ2) is 5.18. The van der Waals surface area contributed by atoms with Gasteiger partial charge in [-0.05, 0) is 25.3 Å². The molecule has 1 saturated carbocycles. The number of hydrogen-bond acceptors (Lipinski definition) is 5. The first-order valence-electron chi connectivity index (χ1n) is 7.77. The maximum Gasteiger partial charge on any atom is 0.217 e. The van der Waals surface area contributed by atoms with Crippen LogP contribution in [0.1, 0.15) is 19.3 Å². The lowest BCUT2D eigenvalue weighted by molar-refractivity contribution is -0.107. The first kappa shape index (κ1) is 14.4. The summed E-state index contributed by atoms with van der Waals surface area (Å²) in [5.41, 5.74) is -0.350. The molecular weight excluding hydrogens is 304 g/mol. The third kappa shape index (κ3) is 2.41. The molecule has 0 amide bonds. The van der Waals surface area contributed by atoms with Crippen molar-refractivity contribution in [2.45, 2.75) is 30.1 Å². The Balaban J connectivity index is 1.38. The maximum atomic E-state index is 12.2.